The fraction of sp³-hybridized carbons (Fsp3) is 0.500. The number of hydrogen-bond acceptors (Lipinski definition) is 7. The van der Waals surface area contributed by atoms with Crippen LogP contribution in [0.5, 0.6) is 0 Å². The summed E-state index contributed by atoms with van der Waals surface area (Å²) in [4.78, 5) is 35.3. The van der Waals surface area contributed by atoms with Crippen LogP contribution in [0, 0.1) is 0 Å². The van der Waals surface area contributed by atoms with Crippen molar-refractivity contribution in [3.63, 3.8) is 0 Å². The fourth-order valence-corrected chi connectivity index (χ4v) is 2.00. The molecule has 0 saturated carbocycles. The van der Waals surface area contributed by atoms with E-state index < -0.39 is 48.5 Å². The number of hydrogen-bond donors (Lipinski definition) is 4. The molecule has 0 aliphatic carbocycles. The van der Waals surface area contributed by atoms with Gasteiger partial charge in [-0.2, -0.15) is 0 Å². The first-order chi connectivity index (χ1) is 9.43. The topological polar surface area (TPSA) is 157 Å². The number of aromatic amines is 1. The first kappa shape index (κ1) is 14.2. The van der Waals surface area contributed by atoms with Crippen LogP contribution in [-0.4, -0.2) is 50.8 Å². The summed E-state index contributed by atoms with van der Waals surface area (Å²) in [6.07, 6.45) is -4.94. The van der Waals surface area contributed by atoms with Crippen molar-refractivity contribution in [2.75, 3.05) is 6.61 Å². The summed E-state index contributed by atoms with van der Waals surface area (Å²) in [5.74, 6) is 0. The Balaban J connectivity index is 2.32. The van der Waals surface area contributed by atoms with Gasteiger partial charge < -0.3 is 25.4 Å². The predicted octanol–water partition coefficient (Wildman–Crippen LogP) is -2.75. The van der Waals surface area contributed by atoms with Gasteiger partial charge in [-0.15, -0.1) is 0 Å². The van der Waals surface area contributed by atoms with Crippen LogP contribution < -0.4 is 17.0 Å². The molecule has 10 heteroatoms. The van der Waals surface area contributed by atoms with Crippen LogP contribution >= 0.6 is 0 Å². The standard InChI is InChI=1S/C10H13N3O7/c11-9(17)20-7-4(3-14)19-8(6(7)16)13-2-1-5(15)12-10(13)18/h1-2,4,6-8,14,16H,3H2,(H2,11,17)(H,12,15,18). The van der Waals surface area contributed by atoms with Gasteiger partial charge in [0, 0.05) is 12.3 Å². The number of nitrogens with zero attached hydrogens (tertiary/aromatic N) is 1. The smallest absolute Gasteiger partial charge is 0.404 e. The van der Waals surface area contributed by atoms with Gasteiger partial charge in [-0.25, -0.2) is 9.59 Å². The van der Waals surface area contributed by atoms with Gasteiger partial charge in [0.1, 0.15) is 12.2 Å². The number of nitrogens with two attached hydrogens (primary N) is 1. The average Bonchev–Trinajstić information content (AvgIpc) is 2.67. The Bertz CT molecular complexity index is 609. The molecular formula is C10H13N3O7. The number of carbonyl (C=O) groups is 1. The SMILES string of the molecule is NC(=O)OC1C(CO)OC(n2ccc(=O)[nH]c2=O)C1O. The average molecular weight is 287 g/mol. The Morgan fingerprint density at radius 1 is 1.55 bits per heavy atom. The van der Waals surface area contributed by atoms with Crippen LogP contribution in [0.4, 0.5) is 4.79 Å². The van der Waals surface area contributed by atoms with E-state index in [1.807, 2.05) is 4.98 Å². The van der Waals surface area contributed by atoms with Crippen LogP contribution in [-0.2, 0) is 9.47 Å². The molecule has 0 bridgehead atoms. The molecule has 20 heavy (non-hydrogen) atoms. The molecule has 0 aromatic carbocycles. The van der Waals surface area contributed by atoms with Crippen molar-refractivity contribution in [3.8, 4) is 0 Å². The summed E-state index contributed by atoms with van der Waals surface area (Å²) in [5, 5.41) is 19.2. The van der Waals surface area contributed by atoms with E-state index in [1.54, 1.807) is 0 Å². The predicted molar refractivity (Wildman–Crippen MR) is 62.8 cm³/mol. The third kappa shape index (κ3) is 2.57. The molecule has 2 rings (SSSR count). The van der Waals surface area contributed by atoms with Crippen molar-refractivity contribution in [1.82, 2.24) is 9.55 Å². The maximum absolute atomic E-state index is 11.6. The summed E-state index contributed by atoms with van der Waals surface area (Å²) in [6, 6.07) is 1.06. The summed E-state index contributed by atoms with van der Waals surface area (Å²) in [7, 11) is 0. The van der Waals surface area contributed by atoms with Crippen LogP contribution in [0.15, 0.2) is 21.9 Å². The zero-order valence-corrected chi connectivity index (χ0v) is 10.1. The molecule has 1 amide bonds. The molecule has 0 spiro atoms. The Hall–Kier alpha value is -2.17. The summed E-state index contributed by atoms with van der Waals surface area (Å²) in [6.45, 7) is -0.552. The van der Waals surface area contributed by atoms with Crippen LogP contribution in [0.3, 0.4) is 0 Å². The van der Waals surface area contributed by atoms with E-state index in [4.69, 9.17) is 15.6 Å². The number of aliphatic hydroxyl groups excluding tert-OH is 2. The van der Waals surface area contributed by atoms with Gasteiger partial charge in [0.25, 0.3) is 5.56 Å². The lowest BCUT2D eigenvalue weighted by atomic mass is 10.1. The molecule has 4 unspecified atom stereocenters. The molecule has 110 valence electrons. The maximum atomic E-state index is 11.6. The van der Waals surface area contributed by atoms with E-state index in [0.717, 1.165) is 16.8 Å². The molecule has 0 radical (unpaired) electrons. The molecule has 1 aliphatic rings. The number of primary amides is 1. The highest BCUT2D eigenvalue weighted by Gasteiger charge is 2.47. The molecule has 5 N–H and O–H groups in total. The number of nitrogens with one attached hydrogen (secondary N) is 1. The fourth-order valence-electron chi connectivity index (χ4n) is 2.00. The summed E-state index contributed by atoms with van der Waals surface area (Å²) >= 11 is 0. The first-order valence-corrected chi connectivity index (χ1v) is 5.66. The Kier molecular flexibility index (Phi) is 3.88. The number of amides is 1. The third-order valence-electron chi connectivity index (χ3n) is 2.87. The van der Waals surface area contributed by atoms with Crippen molar-refractivity contribution in [2.24, 2.45) is 5.73 Å². The van der Waals surface area contributed by atoms with Gasteiger partial charge in [-0.05, 0) is 0 Å². The lowest BCUT2D eigenvalue weighted by molar-refractivity contribution is -0.0553. The number of rotatable bonds is 3. The second-order valence-electron chi connectivity index (χ2n) is 4.16. The van der Waals surface area contributed by atoms with Crippen molar-refractivity contribution in [3.05, 3.63) is 33.1 Å². The van der Waals surface area contributed by atoms with Gasteiger partial charge in [0.15, 0.2) is 12.3 Å². The maximum Gasteiger partial charge on any atom is 0.404 e. The molecule has 4 atom stereocenters. The highest BCUT2D eigenvalue weighted by molar-refractivity contribution is 5.65. The van der Waals surface area contributed by atoms with E-state index in [9.17, 15) is 19.5 Å². The summed E-state index contributed by atoms with van der Waals surface area (Å²) < 4.78 is 10.8. The van der Waals surface area contributed by atoms with Crippen LogP contribution in [0.25, 0.3) is 0 Å². The first-order valence-electron chi connectivity index (χ1n) is 5.66. The van der Waals surface area contributed by atoms with Crippen molar-refractivity contribution < 1.29 is 24.5 Å². The quantitative estimate of drug-likeness (QED) is 0.469. The zero-order chi connectivity index (χ0) is 14.9. The van der Waals surface area contributed by atoms with E-state index in [1.165, 1.54) is 0 Å². The second kappa shape index (κ2) is 5.45. The van der Waals surface area contributed by atoms with Crippen molar-refractivity contribution >= 4 is 6.09 Å². The minimum absolute atomic E-state index is 0.552. The van der Waals surface area contributed by atoms with Crippen molar-refractivity contribution in [2.45, 2.75) is 24.5 Å². The highest BCUT2D eigenvalue weighted by Crippen LogP contribution is 2.30. The van der Waals surface area contributed by atoms with Crippen LogP contribution in [0.1, 0.15) is 6.23 Å². The van der Waals surface area contributed by atoms with Crippen molar-refractivity contribution in [1.29, 1.82) is 0 Å². The third-order valence-corrected chi connectivity index (χ3v) is 2.87. The Morgan fingerprint density at radius 3 is 2.80 bits per heavy atom. The second-order valence-corrected chi connectivity index (χ2v) is 4.16. The lowest BCUT2D eigenvalue weighted by Gasteiger charge is -2.18. The molecule has 1 aromatic rings. The molecule has 1 saturated heterocycles. The lowest BCUT2D eigenvalue weighted by Crippen LogP contribution is -2.40. The monoisotopic (exact) mass is 287 g/mol. The van der Waals surface area contributed by atoms with E-state index in [-0.39, 0.29) is 0 Å². The van der Waals surface area contributed by atoms with Gasteiger partial charge in [0.05, 0.1) is 6.61 Å². The number of aliphatic hydroxyl groups is 2. The Labute approximate surface area is 111 Å². The normalized spacial score (nSPS) is 29.3. The van der Waals surface area contributed by atoms with Gasteiger partial charge in [-0.1, -0.05) is 0 Å². The Morgan fingerprint density at radius 2 is 2.25 bits per heavy atom. The molecular weight excluding hydrogens is 274 g/mol. The molecule has 1 aliphatic heterocycles. The minimum atomic E-state index is -1.43. The minimum Gasteiger partial charge on any atom is -0.441 e. The number of H-pyrrole nitrogens is 1. The summed E-state index contributed by atoms with van der Waals surface area (Å²) in [5.41, 5.74) is 3.44. The molecule has 2 heterocycles. The van der Waals surface area contributed by atoms with Gasteiger partial charge >= 0.3 is 11.8 Å². The number of carbonyl (C=O) groups excluding carboxylic acids is 1. The highest BCUT2D eigenvalue weighted by atomic mass is 16.6. The zero-order valence-electron chi connectivity index (χ0n) is 10.1. The molecule has 10 nitrogen and oxygen atoms in total. The van der Waals surface area contributed by atoms with E-state index in [2.05, 4.69) is 4.74 Å². The van der Waals surface area contributed by atoms with Gasteiger partial charge in [0.2, 0.25) is 0 Å². The largest absolute Gasteiger partial charge is 0.441 e. The molecule has 1 aromatic heterocycles. The van der Waals surface area contributed by atoms with Gasteiger partial charge in [-0.3, -0.25) is 14.3 Å². The van der Waals surface area contributed by atoms with E-state index >= 15 is 0 Å². The molecule has 1 fully saturated rings. The number of aromatic nitrogens is 2. The van der Waals surface area contributed by atoms with Crippen LogP contribution in [0.2, 0.25) is 0 Å². The number of ether oxygens (including phenoxy) is 2. The van der Waals surface area contributed by atoms with E-state index in [0.29, 0.717) is 0 Å².